The summed E-state index contributed by atoms with van der Waals surface area (Å²) in [6.07, 6.45) is -2.84. The second-order valence-corrected chi connectivity index (χ2v) is 6.82. The van der Waals surface area contributed by atoms with Crippen molar-refractivity contribution in [3.05, 3.63) is 66.7 Å². The van der Waals surface area contributed by atoms with Gasteiger partial charge in [-0.1, -0.05) is 42.5 Å². The Morgan fingerprint density at radius 2 is 1.61 bits per heavy atom. The molecule has 1 aliphatic rings. The molecule has 2 aromatic carbocycles. The second-order valence-electron chi connectivity index (χ2n) is 6.82. The van der Waals surface area contributed by atoms with Crippen LogP contribution in [-0.2, 0) is 4.74 Å². The fraction of sp³-hybridized carbons (Fsp3) is 0.286. The van der Waals surface area contributed by atoms with Crippen molar-refractivity contribution in [2.45, 2.75) is 30.5 Å². The predicted molar refractivity (Wildman–Crippen MR) is 100 cm³/mol. The third-order valence-corrected chi connectivity index (χ3v) is 5.04. The zero-order valence-corrected chi connectivity index (χ0v) is 14.9. The van der Waals surface area contributed by atoms with Crippen LogP contribution in [0.3, 0.4) is 0 Å². The van der Waals surface area contributed by atoms with Crippen molar-refractivity contribution < 1.29 is 29.6 Å². The maximum absolute atomic E-state index is 10.3. The molecule has 0 amide bonds. The molecule has 7 heteroatoms. The lowest BCUT2D eigenvalue weighted by Gasteiger charge is -2.40. The molecule has 0 aliphatic carbocycles. The summed E-state index contributed by atoms with van der Waals surface area (Å²) in [6, 6.07) is 15.1. The Labute approximate surface area is 161 Å². The molecule has 0 radical (unpaired) electrons. The Bertz CT molecular complexity index is 909. The molecule has 5 atom stereocenters. The van der Waals surface area contributed by atoms with E-state index in [2.05, 4.69) is 4.98 Å². The molecule has 4 rings (SSSR count). The van der Waals surface area contributed by atoms with Crippen molar-refractivity contribution in [2.75, 3.05) is 6.61 Å². The van der Waals surface area contributed by atoms with Crippen molar-refractivity contribution in [3.63, 3.8) is 0 Å². The van der Waals surface area contributed by atoms with Gasteiger partial charge in [-0.05, 0) is 22.8 Å². The van der Waals surface area contributed by atoms with Crippen LogP contribution in [0.25, 0.3) is 22.5 Å². The first-order valence-electron chi connectivity index (χ1n) is 8.98. The minimum Gasteiger partial charge on any atom is -0.444 e. The molecule has 1 saturated heterocycles. The maximum atomic E-state index is 10.3. The van der Waals surface area contributed by atoms with Gasteiger partial charge >= 0.3 is 0 Å². The highest BCUT2D eigenvalue weighted by atomic mass is 16.5. The van der Waals surface area contributed by atoms with Crippen LogP contribution >= 0.6 is 0 Å². The average Bonchev–Trinajstić information content (AvgIpc) is 3.27. The molecule has 1 aromatic heterocycles. The van der Waals surface area contributed by atoms with Crippen LogP contribution in [0, 0.1) is 0 Å². The van der Waals surface area contributed by atoms with E-state index >= 15 is 0 Å². The third kappa shape index (κ3) is 3.46. The van der Waals surface area contributed by atoms with Crippen molar-refractivity contribution in [1.82, 2.24) is 4.98 Å². The molecule has 146 valence electrons. The summed E-state index contributed by atoms with van der Waals surface area (Å²) in [5.74, 6) is 0.682. The van der Waals surface area contributed by atoms with E-state index in [1.165, 1.54) is 6.39 Å². The van der Waals surface area contributed by atoms with Crippen molar-refractivity contribution >= 4 is 0 Å². The first-order chi connectivity index (χ1) is 13.6. The van der Waals surface area contributed by atoms with Gasteiger partial charge in [0.2, 0.25) is 0 Å². The summed E-state index contributed by atoms with van der Waals surface area (Å²) in [5.41, 5.74) is 3.41. The molecule has 1 fully saturated rings. The van der Waals surface area contributed by atoms with Gasteiger partial charge in [0.15, 0.2) is 12.2 Å². The Kier molecular flexibility index (Phi) is 5.25. The molecular formula is C21H21NO6. The standard InChI is InChI=1S/C21H21NO6/c23-10-17-18(24)19(25)20(26)21(28-17)15-3-1-2-14(8-15)12-4-6-13(7-5-12)16-9-22-11-27-16/h1-9,11,17-21,23-26H,10H2/t17-,18-,19+,20+,21-/m1/s1. The van der Waals surface area contributed by atoms with Crippen molar-refractivity contribution in [1.29, 1.82) is 0 Å². The third-order valence-electron chi connectivity index (χ3n) is 5.04. The van der Waals surface area contributed by atoms with Gasteiger partial charge in [0.05, 0.1) is 12.8 Å². The number of benzene rings is 2. The molecule has 1 aliphatic heterocycles. The number of aliphatic hydroxyl groups excluding tert-OH is 4. The smallest absolute Gasteiger partial charge is 0.181 e. The lowest BCUT2D eigenvalue weighted by Crippen LogP contribution is -2.55. The minimum absolute atomic E-state index is 0.454. The normalized spacial score (nSPS) is 27.6. The lowest BCUT2D eigenvalue weighted by atomic mass is 9.90. The molecule has 2 heterocycles. The first kappa shape index (κ1) is 18.8. The van der Waals surface area contributed by atoms with Crippen LogP contribution in [-0.4, -0.2) is 56.4 Å². The molecule has 3 aromatic rings. The Morgan fingerprint density at radius 3 is 2.29 bits per heavy atom. The summed E-state index contributed by atoms with van der Waals surface area (Å²) in [6.45, 7) is -0.454. The van der Waals surface area contributed by atoms with Gasteiger partial charge in [-0.2, -0.15) is 0 Å². The van der Waals surface area contributed by atoms with Gasteiger partial charge in [0.25, 0.3) is 0 Å². The molecular weight excluding hydrogens is 362 g/mol. The largest absolute Gasteiger partial charge is 0.444 e. The van der Waals surface area contributed by atoms with Crippen LogP contribution in [0.1, 0.15) is 11.7 Å². The van der Waals surface area contributed by atoms with Gasteiger partial charge in [0, 0.05) is 5.56 Å². The molecule has 7 nitrogen and oxygen atoms in total. The van der Waals surface area contributed by atoms with E-state index < -0.39 is 37.1 Å². The summed E-state index contributed by atoms with van der Waals surface area (Å²) in [4.78, 5) is 3.91. The lowest BCUT2D eigenvalue weighted by molar-refractivity contribution is -0.231. The maximum Gasteiger partial charge on any atom is 0.181 e. The molecule has 0 unspecified atom stereocenters. The second kappa shape index (κ2) is 7.83. The average molecular weight is 383 g/mol. The van der Waals surface area contributed by atoms with E-state index in [9.17, 15) is 20.4 Å². The molecule has 0 saturated carbocycles. The minimum atomic E-state index is -1.40. The summed E-state index contributed by atoms with van der Waals surface area (Å²) in [7, 11) is 0. The van der Waals surface area contributed by atoms with Crippen LogP contribution in [0.15, 0.2) is 65.5 Å². The van der Waals surface area contributed by atoms with Crippen LogP contribution in [0.2, 0.25) is 0 Å². The fourth-order valence-corrected chi connectivity index (χ4v) is 3.46. The van der Waals surface area contributed by atoms with Crippen LogP contribution in [0.4, 0.5) is 0 Å². The number of oxazole rings is 1. The van der Waals surface area contributed by atoms with Crippen LogP contribution in [0.5, 0.6) is 0 Å². The fourth-order valence-electron chi connectivity index (χ4n) is 3.46. The molecule has 4 N–H and O–H groups in total. The van der Waals surface area contributed by atoms with Crippen molar-refractivity contribution in [2.24, 2.45) is 0 Å². The predicted octanol–water partition coefficient (Wildman–Crippen LogP) is 1.52. The van der Waals surface area contributed by atoms with Gasteiger partial charge in [0.1, 0.15) is 30.5 Å². The number of aromatic nitrogens is 1. The quantitative estimate of drug-likeness (QED) is 0.540. The van der Waals surface area contributed by atoms with E-state index in [-0.39, 0.29) is 0 Å². The molecule has 28 heavy (non-hydrogen) atoms. The van der Waals surface area contributed by atoms with Gasteiger partial charge < -0.3 is 29.6 Å². The molecule has 0 spiro atoms. The van der Waals surface area contributed by atoms with E-state index in [0.29, 0.717) is 11.3 Å². The number of aliphatic hydroxyl groups is 4. The first-order valence-corrected chi connectivity index (χ1v) is 8.98. The Morgan fingerprint density at radius 1 is 0.857 bits per heavy atom. The highest BCUT2D eigenvalue weighted by Crippen LogP contribution is 2.34. The highest BCUT2D eigenvalue weighted by molar-refractivity contribution is 5.68. The van der Waals surface area contributed by atoms with E-state index in [4.69, 9.17) is 9.15 Å². The van der Waals surface area contributed by atoms with Gasteiger partial charge in [-0.25, -0.2) is 4.98 Å². The van der Waals surface area contributed by atoms with Crippen LogP contribution < -0.4 is 0 Å². The number of nitrogens with zero attached hydrogens (tertiary/aromatic N) is 1. The number of rotatable bonds is 4. The number of hydrogen-bond acceptors (Lipinski definition) is 7. The zero-order chi connectivity index (χ0) is 19.7. The molecule has 0 bridgehead atoms. The Balaban J connectivity index is 1.61. The van der Waals surface area contributed by atoms with E-state index in [1.807, 2.05) is 42.5 Å². The SMILES string of the molecule is OC[C@H]1O[C@H](c2cccc(-c3ccc(-c4cnco4)cc3)c2)[C@@H](O)[C@@H](O)[C@@H]1O. The monoisotopic (exact) mass is 383 g/mol. The zero-order valence-electron chi connectivity index (χ0n) is 14.9. The number of hydrogen-bond donors (Lipinski definition) is 4. The summed E-state index contributed by atoms with van der Waals surface area (Å²) in [5, 5.41) is 39.7. The van der Waals surface area contributed by atoms with Gasteiger partial charge in [-0.15, -0.1) is 0 Å². The highest BCUT2D eigenvalue weighted by Gasteiger charge is 2.43. The number of ether oxygens (including phenoxy) is 1. The topological polar surface area (TPSA) is 116 Å². The van der Waals surface area contributed by atoms with E-state index in [1.54, 1.807) is 12.3 Å². The van der Waals surface area contributed by atoms with Gasteiger partial charge in [-0.3, -0.25) is 0 Å². The Hall–Kier alpha value is -2.55. The van der Waals surface area contributed by atoms with Crippen molar-refractivity contribution in [3.8, 4) is 22.5 Å². The summed E-state index contributed by atoms with van der Waals surface area (Å²) < 4.78 is 10.9. The van der Waals surface area contributed by atoms with E-state index in [0.717, 1.165) is 16.7 Å². The summed E-state index contributed by atoms with van der Waals surface area (Å²) >= 11 is 0.